The minimum atomic E-state index is -4.65. The highest BCUT2D eigenvalue weighted by atomic mass is 19.4. The Morgan fingerprint density at radius 1 is 0.957 bits per heavy atom. The summed E-state index contributed by atoms with van der Waals surface area (Å²) < 4.78 is 75.9. The Balaban J connectivity index is 2.45. The van der Waals surface area contributed by atoms with Crippen LogP contribution in [-0.4, -0.2) is 4.98 Å². The molecule has 0 fully saturated rings. The number of hydrogen-bond donors (Lipinski definition) is 0. The molecule has 120 valence electrons. The van der Waals surface area contributed by atoms with Crippen molar-refractivity contribution in [3.63, 3.8) is 0 Å². The first-order valence-electron chi connectivity index (χ1n) is 6.23. The molecule has 0 bridgehead atoms. The summed E-state index contributed by atoms with van der Waals surface area (Å²) in [6.45, 7) is 0. The van der Waals surface area contributed by atoms with Crippen LogP contribution in [0.2, 0.25) is 0 Å². The number of pyridine rings is 1. The van der Waals surface area contributed by atoms with E-state index < -0.39 is 29.9 Å². The van der Waals surface area contributed by atoms with Crippen LogP contribution in [0, 0.1) is 11.3 Å². The van der Waals surface area contributed by atoms with Crippen LogP contribution in [0.25, 0.3) is 11.3 Å². The van der Waals surface area contributed by atoms with Gasteiger partial charge in [-0.2, -0.15) is 31.6 Å². The molecular formula is C15H8F6N2. The van der Waals surface area contributed by atoms with Crippen LogP contribution in [0.1, 0.15) is 16.7 Å². The van der Waals surface area contributed by atoms with Gasteiger partial charge in [-0.05, 0) is 23.8 Å². The van der Waals surface area contributed by atoms with Crippen molar-refractivity contribution >= 4 is 0 Å². The SMILES string of the molecule is N#CCc1cc(-c2ccc(C(F)(F)F)cc2)ncc1C(F)(F)F. The number of aromatic nitrogens is 1. The van der Waals surface area contributed by atoms with E-state index in [0.29, 0.717) is 6.20 Å². The van der Waals surface area contributed by atoms with Gasteiger partial charge in [0.1, 0.15) is 0 Å². The van der Waals surface area contributed by atoms with Crippen molar-refractivity contribution in [1.29, 1.82) is 5.26 Å². The number of halogens is 6. The molecule has 0 spiro atoms. The molecule has 2 rings (SSSR count). The highest BCUT2D eigenvalue weighted by Crippen LogP contribution is 2.34. The van der Waals surface area contributed by atoms with Gasteiger partial charge < -0.3 is 0 Å². The fraction of sp³-hybridized carbons (Fsp3) is 0.200. The van der Waals surface area contributed by atoms with Crippen molar-refractivity contribution in [3.8, 4) is 17.3 Å². The molecule has 0 unspecified atom stereocenters. The second kappa shape index (κ2) is 5.91. The lowest BCUT2D eigenvalue weighted by Crippen LogP contribution is -2.10. The topological polar surface area (TPSA) is 36.7 Å². The van der Waals surface area contributed by atoms with E-state index in [-0.39, 0.29) is 16.8 Å². The number of hydrogen-bond acceptors (Lipinski definition) is 2. The summed E-state index contributed by atoms with van der Waals surface area (Å²) >= 11 is 0. The van der Waals surface area contributed by atoms with E-state index in [9.17, 15) is 26.3 Å². The minimum absolute atomic E-state index is 0.0666. The number of rotatable bonds is 2. The van der Waals surface area contributed by atoms with Gasteiger partial charge in [-0.25, -0.2) is 0 Å². The first kappa shape index (κ1) is 16.8. The summed E-state index contributed by atoms with van der Waals surface area (Å²) in [5.41, 5.74) is -1.88. The molecule has 1 aromatic heterocycles. The van der Waals surface area contributed by atoms with Crippen LogP contribution < -0.4 is 0 Å². The summed E-state index contributed by atoms with van der Waals surface area (Å²) in [6, 6.07) is 6.57. The molecule has 2 aromatic rings. The van der Waals surface area contributed by atoms with Crippen molar-refractivity contribution < 1.29 is 26.3 Å². The Bertz CT molecular complexity index is 739. The molecule has 0 aliphatic rings. The van der Waals surface area contributed by atoms with E-state index in [1.165, 1.54) is 0 Å². The zero-order chi connectivity index (χ0) is 17.3. The molecule has 2 nitrogen and oxygen atoms in total. The van der Waals surface area contributed by atoms with Gasteiger partial charge in [0.15, 0.2) is 0 Å². The number of nitrogens with zero attached hydrogens (tertiary/aromatic N) is 2. The van der Waals surface area contributed by atoms with E-state index in [1.54, 1.807) is 6.07 Å². The van der Waals surface area contributed by atoms with Crippen LogP contribution in [0.4, 0.5) is 26.3 Å². The molecule has 0 amide bonds. The van der Waals surface area contributed by atoms with Gasteiger partial charge in [-0.15, -0.1) is 0 Å². The standard InChI is InChI=1S/C15H8F6N2/c16-14(17,18)11-3-1-9(2-4-11)13-7-10(5-6-22)12(8-23-13)15(19,20)21/h1-4,7-8H,5H2. The monoisotopic (exact) mass is 330 g/mol. The van der Waals surface area contributed by atoms with Gasteiger partial charge in [0.2, 0.25) is 0 Å². The van der Waals surface area contributed by atoms with Crippen LogP contribution in [0.5, 0.6) is 0 Å². The predicted molar refractivity (Wildman–Crippen MR) is 69.0 cm³/mol. The lowest BCUT2D eigenvalue weighted by atomic mass is 10.0. The molecule has 0 aliphatic carbocycles. The Kier molecular flexibility index (Phi) is 4.32. The molecule has 0 N–H and O–H groups in total. The molecule has 8 heteroatoms. The molecule has 0 atom stereocenters. The summed E-state index contributed by atoms with van der Waals surface area (Å²) in [6.07, 6.45) is -9.05. The Labute approximate surface area is 127 Å². The van der Waals surface area contributed by atoms with Crippen LogP contribution in [0.15, 0.2) is 36.5 Å². The van der Waals surface area contributed by atoms with E-state index in [0.717, 1.165) is 30.3 Å². The van der Waals surface area contributed by atoms with Crippen molar-refractivity contribution in [2.24, 2.45) is 0 Å². The largest absolute Gasteiger partial charge is 0.418 e. The third kappa shape index (κ3) is 3.80. The Hall–Kier alpha value is -2.56. The van der Waals surface area contributed by atoms with Crippen molar-refractivity contribution in [2.75, 3.05) is 0 Å². The average molecular weight is 330 g/mol. The maximum Gasteiger partial charge on any atom is 0.418 e. The summed E-state index contributed by atoms with van der Waals surface area (Å²) in [7, 11) is 0. The molecule has 1 aromatic carbocycles. The van der Waals surface area contributed by atoms with Crippen molar-refractivity contribution in [1.82, 2.24) is 4.98 Å². The van der Waals surface area contributed by atoms with Gasteiger partial charge in [0.05, 0.1) is 29.3 Å². The van der Waals surface area contributed by atoms with Crippen LogP contribution >= 0.6 is 0 Å². The lowest BCUT2D eigenvalue weighted by Gasteiger charge is -2.12. The Morgan fingerprint density at radius 2 is 1.57 bits per heavy atom. The van der Waals surface area contributed by atoms with Gasteiger partial charge in [0, 0.05) is 11.8 Å². The smallest absolute Gasteiger partial charge is 0.256 e. The molecule has 0 aliphatic heterocycles. The third-order valence-corrected chi connectivity index (χ3v) is 3.07. The molecule has 23 heavy (non-hydrogen) atoms. The fourth-order valence-corrected chi connectivity index (χ4v) is 1.97. The lowest BCUT2D eigenvalue weighted by molar-refractivity contribution is -0.138. The second-order valence-electron chi connectivity index (χ2n) is 4.63. The quantitative estimate of drug-likeness (QED) is 0.738. The summed E-state index contributed by atoms with van der Waals surface area (Å²) in [5.74, 6) is 0. The highest BCUT2D eigenvalue weighted by Gasteiger charge is 2.34. The highest BCUT2D eigenvalue weighted by molar-refractivity contribution is 5.61. The second-order valence-corrected chi connectivity index (χ2v) is 4.63. The van der Waals surface area contributed by atoms with Crippen molar-refractivity contribution in [3.05, 3.63) is 53.2 Å². The van der Waals surface area contributed by atoms with Crippen LogP contribution in [0.3, 0.4) is 0 Å². The van der Waals surface area contributed by atoms with E-state index in [4.69, 9.17) is 5.26 Å². The normalized spacial score (nSPS) is 12.0. The zero-order valence-corrected chi connectivity index (χ0v) is 11.3. The zero-order valence-electron chi connectivity index (χ0n) is 11.3. The first-order valence-corrected chi connectivity index (χ1v) is 6.23. The maximum absolute atomic E-state index is 12.8. The first-order chi connectivity index (χ1) is 10.6. The number of alkyl halides is 6. The maximum atomic E-state index is 12.8. The predicted octanol–water partition coefficient (Wildman–Crippen LogP) is 4.85. The molecule has 0 radical (unpaired) electrons. The third-order valence-electron chi connectivity index (χ3n) is 3.07. The summed E-state index contributed by atoms with van der Waals surface area (Å²) in [5, 5.41) is 8.63. The number of benzene rings is 1. The summed E-state index contributed by atoms with van der Waals surface area (Å²) in [4.78, 5) is 3.64. The van der Waals surface area contributed by atoms with E-state index in [1.807, 2.05) is 0 Å². The molecule has 0 saturated carbocycles. The van der Waals surface area contributed by atoms with Gasteiger partial charge in [-0.3, -0.25) is 4.98 Å². The van der Waals surface area contributed by atoms with E-state index >= 15 is 0 Å². The van der Waals surface area contributed by atoms with Gasteiger partial charge in [0.25, 0.3) is 0 Å². The Morgan fingerprint density at radius 3 is 2.04 bits per heavy atom. The van der Waals surface area contributed by atoms with Gasteiger partial charge in [-0.1, -0.05) is 12.1 Å². The molecule has 1 heterocycles. The van der Waals surface area contributed by atoms with E-state index in [2.05, 4.69) is 4.98 Å². The average Bonchev–Trinajstić information content (AvgIpc) is 2.45. The van der Waals surface area contributed by atoms with Crippen molar-refractivity contribution in [2.45, 2.75) is 18.8 Å². The molecule has 0 saturated heterocycles. The minimum Gasteiger partial charge on any atom is -0.256 e. The number of nitriles is 1. The molecular weight excluding hydrogens is 322 g/mol. The van der Waals surface area contributed by atoms with Gasteiger partial charge >= 0.3 is 12.4 Å². The van der Waals surface area contributed by atoms with Crippen LogP contribution in [-0.2, 0) is 18.8 Å². The fourth-order valence-electron chi connectivity index (χ4n) is 1.97.